The maximum atomic E-state index is 4.30. The summed E-state index contributed by atoms with van der Waals surface area (Å²) in [5.41, 5.74) is 6.55. The third-order valence-corrected chi connectivity index (χ3v) is 3.73. The van der Waals surface area contributed by atoms with Crippen LogP contribution in [-0.4, -0.2) is 0 Å². The van der Waals surface area contributed by atoms with Gasteiger partial charge in [0.1, 0.15) is 0 Å². The Bertz CT molecular complexity index is 571. The molecule has 0 aromatic carbocycles. The van der Waals surface area contributed by atoms with Crippen LogP contribution < -0.4 is 0 Å². The zero-order valence-electron chi connectivity index (χ0n) is 11.1. The highest BCUT2D eigenvalue weighted by molar-refractivity contribution is 5.56. The summed E-state index contributed by atoms with van der Waals surface area (Å²) in [7, 11) is 0. The third-order valence-electron chi connectivity index (χ3n) is 3.73. The standard InChI is InChI=1S/C19H18/c1-15-18(13-16-7-2-3-8-16)11-6-12-19(15)14-17-9-4-5-10-17/h2-5,7-10,13-14H,1,6,11-12H2/b18-13+,19-14+. The summed E-state index contributed by atoms with van der Waals surface area (Å²) in [6.07, 6.45) is 25.0. The first kappa shape index (κ1) is 12.2. The highest BCUT2D eigenvalue weighted by atomic mass is 14.2. The monoisotopic (exact) mass is 246 g/mol. The Kier molecular flexibility index (Phi) is 3.50. The molecule has 0 atom stereocenters. The molecule has 1 fully saturated rings. The molecular formula is C19H18. The van der Waals surface area contributed by atoms with Crippen molar-refractivity contribution < 1.29 is 0 Å². The Balaban J connectivity index is 1.81. The van der Waals surface area contributed by atoms with Gasteiger partial charge in [-0.3, -0.25) is 0 Å². The van der Waals surface area contributed by atoms with E-state index in [4.69, 9.17) is 0 Å². The number of hydrogen-bond acceptors (Lipinski definition) is 0. The summed E-state index contributed by atoms with van der Waals surface area (Å²) in [6.45, 7) is 4.30. The molecule has 0 unspecified atom stereocenters. The van der Waals surface area contributed by atoms with E-state index in [1.54, 1.807) is 0 Å². The molecule has 0 nitrogen and oxygen atoms in total. The molecule has 0 aromatic rings. The van der Waals surface area contributed by atoms with Gasteiger partial charge in [0.05, 0.1) is 0 Å². The first-order valence-electron chi connectivity index (χ1n) is 6.87. The van der Waals surface area contributed by atoms with E-state index in [1.165, 1.54) is 34.3 Å². The molecule has 19 heavy (non-hydrogen) atoms. The van der Waals surface area contributed by atoms with Crippen molar-refractivity contribution in [2.45, 2.75) is 19.3 Å². The minimum Gasteiger partial charge on any atom is -0.0912 e. The van der Waals surface area contributed by atoms with Crippen LogP contribution in [0.1, 0.15) is 19.3 Å². The lowest BCUT2D eigenvalue weighted by molar-refractivity contribution is 0.773. The van der Waals surface area contributed by atoms with Crippen LogP contribution in [0, 0.1) is 12.8 Å². The Morgan fingerprint density at radius 1 is 0.895 bits per heavy atom. The lowest BCUT2D eigenvalue weighted by Crippen LogP contribution is -2.02. The molecule has 1 saturated carbocycles. The molecule has 0 bridgehead atoms. The second-order valence-electron chi connectivity index (χ2n) is 5.11. The van der Waals surface area contributed by atoms with Crippen LogP contribution >= 0.6 is 0 Å². The van der Waals surface area contributed by atoms with Crippen molar-refractivity contribution in [3.8, 4) is 0 Å². The van der Waals surface area contributed by atoms with E-state index in [9.17, 15) is 0 Å². The van der Waals surface area contributed by atoms with E-state index >= 15 is 0 Å². The second-order valence-corrected chi connectivity index (χ2v) is 5.11. The van der Waals surface area contributed by atoms with Crippen molar-refractivity contribution in [1.82, 2.24) is 0 Å². The summed E-state index contributed by atoms with van der Waals surface area (Å²) in [4.78, 5) is 0. The van der Waals surface area contributed by atoms with E-state index < -0.39 is 0 Å². The Labute approximate surface area is 115 Å². The Morgan fingerprint density at radius 3 is 2.32 bits per heavy atom. The minimum absolute atomic E-state index is 1.14. The third kappa shape index (κ3) is 2.78. The summed E-state index contributed by atoms with van der Waals surface area (Å²) >= 11 is 0. The maximum absolute atomic E-state index is 4.30. The van der Waals surface area contributed by atoms with Crippen molar-refractivity contribution in [1.29, 1.82) is 0 Å². The molecule has 0 spiro atoms. The van der Waals surface area contributed by atoms with Crippen molar-refractivity contribution in [3.63, 3.8) is 0 Å². The molecule has 94 valence electrons. The molecule has 0 aromatic heterocycles. The topological polar surface area (TPSA) is 0 Å². The van der Waals surface area contributed by atoms with Crippen LogP contribution in [0.2, 0.25) is 0 Å². The summed E-state index contributed by atoms with van der Waals surface area (Å²) in [5, 5.41) is 0. The fraction of sp³-hybridized carbons (Fsp3) is 0.158. The number of rotatable bonds is 2. The first-order valence-corrected chi connectivity index (χ1v) is 6.87. The molecular weight excluding hydrogens is 228 g/mol. The smallest absolute Gasteiger partial charge is 0.0125 e. The van der Waals surface area contributed by atoms with Crippen molar-refractivity contribution >= 4 is 0 Å². The second kappa shape index (κ2) is 5.44. The lowest BCUT2D eigenvalue weighted by atomic mass is 9.84. The molecule has 3 aliphatic rings. The van der Waals surface area contributed by atoms with E-state index in [-0.39, 0.29) is 0 Å². The van der Waals surface area contributed by atoms with Gasteiger partial charge in [-0.25, -0.2) is 0 Å². The fourth-order valence-corrected chi connectivity index (χ4v) is 2.67. The average Bonchev–Trinajstić information content (AvgIpc) is 3.07. The normalized spacial score (nSPS) is 26.4. The van der Waals surface area contributed by atoms with Gasteiger partial charge in [-0.15, -0.1) is 0 Å². The van der Waals surface area contributed by atoms with Crippen molar-refractivity contribution in [2.75, 3.05) is 0 Å². The lowest BCUT2D eigenvalue weighted by Gasteiger charge is -2.21. The van der Waals surface area contributed by atoms with Crippen LogP contribution in [0.5, 0.6) is 0 Å². The van der Waals surface area contributed by atoms with Gasteiger partial charge in [0.15, 0.2) is 0 Å². The molecule has 0 heterocycles. The van der Waals surface area contributed by atoms with E-state index in [2.05, 4.69) is 68.0 Å². The quantitative estimate of drug-likeness (QED) is 0.644. The van der Waals surface area contributed by atoms with Crippen LogP contribution in [0.4, 0.5) is 0 Å². The molecule has 2 radical (unpaired) electrons. The van der Waals surface area contributed by atoms with Gasteiger partial charge in [0, 0.05) is 12.8 Å². The van der Waals surface area contributed by atoms with Crippen LogP contribution in [0.15, 0.2) is 83.1 Å². The molecule has 0 N–H and O–H groups in total. The largest absolute Gasteiger partial charge is 0.0912 e. The SMILES string of the molecule is C=C1/C(=C/C2=CC=C[CH]2)CCC/C1=C\C1=C[CH]C=C1. The van der Waals surface area contributed by atoms with Crippen molar-refractivity contribution in [3.05, 3.63) is 95.9 Å². The van der Waals surface area contributed by atoms with Crippen LogP contribution in [0.25, 0.3) is 0 Å². The predicted octanol–water partition coefficient (Wildman–Crippen LogP) is 4.98. The summed E-state index contributed by atoms with van der Waals surface area (Å²) in [6, 6.07) is 0. The van der Waals surface area contributed by atoms with E-state index in [1.807, 2.05) is 0 Å². The van der Waals surface area contributed by atoms with Gasteiger partial charge >= 0.3 is 0 Å². The average molecular weight is 246 g/mol. The van der Waals surface area contributed by atoms with E-state index in [0.29, 0.717) is 0 Å². The highest BCUT2D eigenvalue weighted by Crippen LogP contribution is 2.34. The Morgan fingerprint density at radius 2 is 1.68 bits per heavy atom. The van der Waals surface area contributed by atoms with Gasteiger partial charge in [-0.1, -0.05) is 55.2 Å². The van der Waals surface area contributed by atoms with Gasteiger partial charge < -0.3 is 0 Å². The first-order chi connectivity index (χ1) is 9.33. The van der Waals surface area contributed by atoms with Gasteiger partial charge in [-0.05, 0) is 47.1 Å². The minimum atomic E-state index is 1.14. The van der Waals surface area contributed by atoms with Gasteiger partial charge in [0.25, 0.3) is 0 Å². The summed E-state index contributed by atoms with van der Waals surface area (Å²) in [5.74, 6) is 0. The predicted molar refractivity (Wildman–Crippen MR) is 82.2 cm³/mol. The molecule has 0 amide bonds. The number of allylic oxidation sites excluding steroid dienone is 13. The van der Waals surface area contributed by atoms with Crippen LogP contribution in [-0.2, 0) is 0 Å². The van der Waals surface area contributed by atoms with E-state index in [0.717, 1.165) is 12.8 Å². The zero-order valence-corrected chi connectivity index (χ0v) is 11.1. The van der Waals surface area contributed by atoms with Crippen molar-refractivity contribution in [2.24, 2.45) is 0 Å². The van der Waals surface area contributed by atoms with Crippen LogP contribution in [0.3, 0.4) is 0 Å². The molecule has 0 saturated heterocycles. The molecule has 3 aliphatic carbocycles. The van der Waals surface area contributed by atoms with Gasteiger partial charge in [0.2, 0.25) is 0 Å². The maximum Gasteiger partial charge on any atom is 0.0125 e. The molecule has 3 rings (SSSR count). The molecule has 0 heteroatoms. The highest BCUT2D eigenvalue weighted by Gasteiger charge is 2.16. The number of hydrogen-bond donors (Lipinski definition) is 0. The Hall–Kier alpha value is -1.82. The summed E-state index contributed by atoms with van der Waals surface area (Å²) < 4.78 is 0. The zero-order chi connectivity index (χ0) is 13.1. The molecule has 0 aliphatic heterocycles. The van der Waals surface area contributed by atoms with Gasteiger partial charge in [-0.2, -0.15) is 0 Å². The fourth-order valence-electron chi connectivity index (χ4n) is 2.67.